The Labute approximate surface area is 202 Å². The van der Waals surface area contributed by atoms with Crippen LogP contribution in [0.3, 0.4) is 0 Å². The Morgan fingerprint density at radius 1 is 0.882 bits per heavy atom. The van der Waals surface area contributed by atoms with Gasteiger partial charge in [-0.1, -0.05) is 65.7 Å². The molecular formula is C25H15Cl2F4NO2. The van der Waals surface area contributed by atoms with Crippen LogP contribution in [-0.4, -0.2) is 22.9 Å². The van der Waals surface area contributed by atoms with E-state index in [1.165, 1.54) is 36.4 Å². The molecule has 1 heterocycles. The highest BCUT2D eigenvalue weighted by Crippen LogP contribution is 2.38. The third-order valence-electron chi connectivity index (χ3n) is 5.42. The Morgan fingerprint density at radius 2 is 1.53 bits per heavy atom. The largest absolute Gasteiger partial charge is 0.399 e. The lowest BCUT2D eigenvalue weighted by Gasteiger charge is -2.18. The molecule has 0 radical (unpaired) electrons. The van der Waals surface area contributed by atoms with E-state index in [2.05, 4.69) is 0 Å². The molecule has 2 amide bonds. The van der Waals surface area contributed by atoms with Gasteiger partial charge < -0.3 is 0 Å². The van der Waals surface area contributed by atoms with E-state index in [1.54, 1.807) is 12.1 Å². The summed E-state index contributed by atoms with van der Waals surface area (Å²) in [6, 6.07) is 13.7. The van der Waals surface area contributed by atoms with Gasteiger partial charge in [-0.15, -0.1) is 0 Å². The first-order valence-corrected chi connectivity index (χ1v) is 10.8. The number of allylic oxidation sites excluding steroid dienone is 1. The second kappa shape index (κ2) is 9.24. The molecule has 34 heavy (non-hydrogen) atoms. The zero-order valence-electron chi connectivity index (χ0n) is 17.2. The summed E-state index contributed by atoms with van der Waals surface area (Å²) < 4.78 is 55.6. The summed E-state index contributed by atoms with van der Waals surface area (Å²) in [5.74, 6) is -3.79. The van der Waals surface area contributed by atoms with Crippen molar-refractivity contribution in [2.24, 2.45) is 0 Å². The Hall–Kier alpha value is -3.16. The van der Waals surface area contributed by atoms with Gasteiger partial charge in [0.15, 0.2) is 0 Å². The van der Waals surface area contributed by atoms with Gasteiger partial charge in [-0.05, 0) is 41.5 Å². The number of alkyl halides is 3. The molecular weight excluding hydrogens is 493 g/mol. The number of amides is 2. The van der Waals surface area contributed by atoms with E-state index in [0.717, 1.165) is 29.2 Å². The van der Waals surface area contributed by atoms with Crippen molar-refractivity contribution in [3.8, 4) is 0 Å². The molecule has 0 fully saturated rings. The maximum absolute atomic E-state index is 14.7. The maximum atomic E-state index is 14.7. The Bertz CT molecular complexity index is 1290. The van der Waals surface area contributed by atoms with Crippen molar-refractivity contribution in [2.45, 2.75) is 18.6 Å². The van der Waals surface area contributed by atoms with E-state index in [4.69, 9.17) is 23.2 Å². The van der Waals surface area contributed by atoms with Gasteiger partial charge in [0.1, 0.15) is 5.82 Å². The molecule has 3 aromatic rings. The minimum atomic E-state index is -4.61. The highest BCUT2D eigenvalue weighted by molar-refractivity contribution is 6.42. The van der Waals surface area contributed by atoms with Gasteiger partial charge in [0.2, 0.25) is 0 Å². The van der Waals surface area contributed by atoms with Gasteiger partial charge in [0, 0.05) is 5.56 Å². The second-order valence-corrected chi connectivity index (χ2v) is 8.46. The first kappa shape index (κ1) is 24.0. The van der Waals surface area contributed by atoms with Crippen molar-refractivity contribution in [1.29, 1.82) is 0 Å². The Morgan fingerprint density at radius 3 is 2.09 bits per heavy atom. The van der Waals surface area contributed by atoms with Gasteiger partial charge in [0.25, 0.3) is 11.8 Å². The molecule has 1 atom stereocenters. The fourth-order valence-corrected chi connectivity index (χ4v) is 3.98. The second-order valence-electron chi connectivity index (χ2n) is 7.64. The van der Waals surface area contributed by atoms with Crippen LogP contribution in [0.2, 0.25) is 10.0 Å². The number of carbonyl (C=O) groups excluding carboxylic acids is 2. The van der Waals surface area contributed by atoms with Crippen LogP contribution in [0, 0.1) is 5.82 Å². The van der Waals surface area contributed by atoms with Crippen molar-refractivity contribution in [2.75, 3.05) is 0 Å². The molecule has 174 valence electrons. The summed E-state index contributed by atoms with van der Waals surface area (Å²) in [6.45, 7) is -0.295. The predicted molar refractivity (Wildman–Crippen MR) is 121 cm³/mol. The molecule has 0 saturated heterocycles. The van der Waals surface area contributed by atoms with Crippen LogP contribution in [0.25, 0.3) is 6.08 Å². The van der Waals surface area contributed by atoms with E-state index in [1.807, 2.05) is 0 Å². The zero-order valence-corrected chi connectivity index (χ0v) is 18.8. The molecule has 3 nitrogen and oxygen atoms in total. The maximum Gasteiger partial charge on any atom is 0.399 e. The van der Waals surface area contributed by atoms with E-state index in [-0.39, 0.29) is 44.4 Å². The van der Waals surface area contributed by atoms with Crippen molar-refractivity contribution in [1.82, 2.24) is 4.90 Å². The predicted octanol–water partition coefficient (Wildman–Crippen LogP) is 7.29. The lowest BCUT2D eigenvalue weighted by atomic mass is 9.97. The smallest absolute Gasteiger partial charge is 0.270 e. The van der Waals surface area contributed by atoms with Crippen LogP contribution in [-0.2, 0) is 6.54 Å². The summed E-state index contributed by atoms with van der Waals surface area (Å²) >= 11 is 11.6. The molecule has 4 rings (SSSR count). The normalized spacial score (nSPS) is 14.7. The van der Waals surface area contributed by atoms with Crippen LogP contribution >= 0.6 is 23.2 Å². The molecule has 0 bridgehead atoms. The average molecular weight is 508 g/mol. The van der Waals surface area contributed by atoms with Crippen LogP contribution in [0.15, 0.2) is 66.7 Å². The third-order valence-corrected chi connectivity index (χ3v) is 6.16. The number of hydrogen-bond donors (Lipinski definition) is 0. The number of carbonyl (C=O) groups is 2. The van der Waals surface area contributed by atoms with Gasteiger partial charge in [-0.2, -0.15) is 13.2 Å². The molecule has 0 N–H and O–H groups in total. The lowest BCUT2D eigenvalue weighted by Crippen LogP contribution is -2.29. The van der Waals surface area contributed by atoms with Crippen molar-refractivity contribution >= 4 is 41.1 Å². The van der Waals surface area contributed by atoms with Gasteiger partial charge >= 0.3 is 6.18 Å². The fourth-order valence-electron chi connectivity index (χ4n) is 3.67. The molecule has 0 aliphatic carbocycles. The highest BCUT2D eigenvalue weighted by Gasteiger charge is 2.39. The standard InChI is InChI=1S/C25H15Cl2F4NO2/c26-20-10-8-15(12-21(20)27)19(25(29,30)31)9-6-14-5-7-16(22(28)11-14)13-32-23(33)17-3-1-2-4-18(17)24(32)34/h1-12,19H,13H2. The zero-order chi connectivity index (χ0) is 24.6. The van der Waals surface area contributed by atoms with E-state index in [9.17, 15) is 27.2 Å². The van der Waals surface area contributed by atoms with Crippen molar-refractivity contribution in [3.05, 3.63) is 110 Å². The van der Waals surface area contributed by atoms with Gasteiger partial charge in [0.05, 0.1) is 33.6 Å². The number of fused-ring (bicyclic) bond motifs is 1. The molecule has 0 aromatic heterocycles. The van der Waals surface area contributed by atoms with Crippen LogP contribution in [0.4, 0.5) is 17.6 Å². The Balaban J connectivity index is 1.55. The number of nitrogens with zero attached hydrogens (tertiary/aromatic N) is 1. The van der Waals surface area contributed by atoms with Crippen molar-refractivity contribution < 1.29 is 27.2 Å². The quantitative estimate of drug-likeness (QED) is 0.268. The molecule has 1 unspecified atom stereocenters. The summed E-state index contributed by atoms with van der Waals surface area (Å²) in [5.41, 5.74) is 0.614. The monoisotopic (exact) mass is 507 g/mol. The summed E-state index contributed by atoms with van der Waals surface area (Å²) in [7, 11) is 0. The number of hydrogen-bond acceptors (Lipinski definition) is 2. The average Bonchev–Trinajstić information content (AvgIpc) is 3.02. The molecule has 3 aromatic carbocycles. The number of halogens is 6. The first-order chi connectivity index (χ1) is 16.1. The molecule has 0 saturated carbocycles. The molecule has 1 aliphatic heterocycles. The molecule has 0 spiro atoms. The van der Waals surface area contributed by atoms with Crippen molar-refractivity contribution in [3.63, 3.8) is 0 Å². The Kier molecular flexibility index (Phi) is 6.51. The minimum absolute atomic E-state index is 0.00891. The number of benzene rings is 3. The van der Waals surface area contributed by atoms with Crippen LogP contribution < -0.4 is 0 Å². The summed E-state index contributed by atoms with van der Waals surface area (Å²) in [4.78, 5) is 25.9. The highest BCUT2D eigenvalue weighted by atomic mass is 35.5. The third kappa shape index (κ3) is 4.72. The lowest BCUT2D eigenvalue weighted by molar-refractivity contribution is -0.139. The van der Waals surface area contributed by atoms with Gasteiger partial charge in [-0.25, -0.2) is 4.39 Å². The summed E-state index contributed by atoms with van der Waals surface area (Å²) in [5, 5.41) is 0.122. The molecule has 9 heteroatoms. The van der Waals surface area contributed by atoms with E-state index in [0.29, 0.717) is 0 Å². The SMILES string of the molecule is O=C1c2ccccc2C(=O)N1Cc1ccc(C=CC(c2ccc(Cl)c(Cl)c2)C(F)(F)F)cc1F. The van der Waals surface area contributed by atoms with Gasteiger partial charge in [-0.3, -0.25) is 14.5 Å². The van der Waals surface area contributed by atoms with E-state index >= 15 is 0 Å². The number of imide groups is 1. The molecule has 1 aliphatic rings. The minimum Gasteiger partial charge on any atom is -0.270 e. The fraction of sp³-hybridized carbons (Fsp3) is 0.120. The topological polar surface area (TPSA) is 37.4 Å². The van der Waals surface area contributed by atoms with E-state index < -0.39 is 29.7 Å². The summed E-state index contributed by atoms with van der Waals surface area (Å²) in [6.07, 6.45) is -2.56. The first-order valence-electron chi connectivity index (χ1n) is 10.00. The number of rotatable bonds is 5. The van der Waals surface area contributed by atoms with Crippen LogP contribution in [0.5, 0.6) is 0 Å². The van der Waals surface area contributed by atoms with Crippen LogP contribution in [0.1, 0.15) is 43.3 Å².